The third kappa shape index (κ3) is 0.969. The number of ether oxygens (including phenoxy) is 2. The molecule has 3 N–H and O–H groups in total. The van der Waals surface area contributed by atoms with Crippen molar-refractivity contribution in [1.82, 2.24) is 0 Å². The molecular formula is C6H10O5. The highest BCUT2D eigenvalue weighted by atomic mass is 16.7. The number of hydrogen-bond donors (Lipinski definition) is 3. The molecule has 0 aromatic heterocycles. The molecule has 2 rings (SSSR count). The molecule has 0 amide bonds. The molecule has 5 atom stereocenters. The topological polar surface area (TPSA) is 79.2 Å². The van der Waals surface area contributed by atoms with Gasteiger partial charge >= 0.3 is 0 Å². The van der Waals surface area contributed by atoms with E-state index in [2.05, 4.69) is 0 Å². The van der Waals surface area contributed by atoms with Crippen LogP contribution in [0.4, 0.5) is 0 Å². The van der Waals surface area contributed by atoms with Gasteiger partial charge in [-0.15, -0.1) is 0 Å². The van der Waals surface area contributed by atoms with E-state index in [4.69, 9.17) is 14.6 Å². The number of aliphatic hydroxyl groups excluding tert-OH is 3. The van der Waals surface area contributed by atoms with Gasteiger partial charge in [0.1, 0.15) is 24.4 Å². The molecule has 2 saturated heterocycles. The minimum absolute atomic E-state index is 0.115. The van der Waals surface area contributed by atoms with Crippen molar-refractivity contribution in [2.75, 3.05) is 6.61 Å². The van der Waals surface area contributed by atoms with Gasteiger partial charge < -0.3 is 24.8 Å². The van der Waals surface area contributed by atoms with Crippen LogP contribution < -0.4 is 0 Å². The zero-order chi connectivity index (χ0) is 8.01. The normalized spacial score (nSPS) is 56.5. The molecule has 0 radical (unpaired) electrons. The van der Waals surface area contributed by atoms with Crippen molar-refractivity contribution in [2.24, 2.45) is 0 Å². The van der Waals surface area contributed by atoms with E-state index in [-0.39, 0.29) is 6.61 Å². The van der Waals surface area contributed by atoms with Gasteiger partial charge in [-0.1, -0.05) is 0 Å². The highest BCUT2D eigenvalue weighted by molar-refractivity contribution is 4.93. The SMILES string of the molecule is O[C@@H]1[C@H]2OC[C@@H](O)[C@H](O2)[C@@H]1O. The maximum Gasteiger partial charge on any atom is 0.186 e. The van der Waals surface area contributed by atoms with E-state index in [0.29, 0.717) is 0 Å². The summed E-state index contributed by atoms with van der Waals surface area (Å²) < 4.78 is 9.84. The lowest BCUT2D eigenvalue weighted by atomic mass is 10.1. The molecule has 2 bridgehead atoms. The quantitative estimate of drug-likeness (QED) is 0.377. The van der Waals surface area contributed by atoms with Crippen LogP contribution in [0.3, 0.4) is 0 Å². The summed E-state index contributed by atoms with van der Waals surface area (Å²) >= 11 is 0. The molecule has 5 heteroatoms. The first-order chi connectivity index (χ1) is 5.20. The van der Waals surface area contributed by atoms with Crippen molar-refractivity contribution in [3.63, 3.8) is 0 Å². The van der Waals surface area contributed by atoms with Crippen LogP contribution in [0.1, 0.15) is 0 Å². The molecule has 0 aromatic rings. The van der Waals surface area contributed by atoms with Crippen LogP contribution in [-0.2, 0) is 9.47 Å². The van der Waals surface area contributed by atoms with Crippen molar-refractivity contribution >= 4 is 0 Å². The van der Waals surface area contributed by atoms with Crippen molar-refractivity contribution < 1.29 is 24.8 Å². The third-order valence-electron chi connectivity index (χ3n) is 2.07. The van der Waals surface area contributed by atoms with E-state index in [1.807, 2.05) is 0 Å². The average molecular weight is 162 g/mol. The van der Waals surface area contributed by atoms with Gasteiger partial charge in [0.2, 0.25) is 0 Å². The molecule has 2 heterocycles. The second-order valence-corrected chi connectivity index (χ2v) is 2.85. The molecule has 5 nitrogen and oxygen atoms in total. The lowest BCUT2D eigenvalue weighted by Crippen LogP contribution is -2.41. The molecule has 2 fully saturated rings. The summed E-state index contributed by atoms with van der Waals surface area (Å²) in [4.78, 5) is 0. The van der Waals surface area contributed by atoms with Crippen LogP contribution >= 0.6 is 0 Å². The molecule has 2 aliphatic rings. The Labute approximate surface area is 63.2 Å². The van der Waals surface area contributed by atoms with Crippen molar-refractivity contribution in [2.45, 2.75) is 30.7 Å². The van der Waals surface area contributed by atoms with E-state index < -0.39 is 30.7 Å². The molecule has 2 aliphatic heterocycles. The van der Waals surface area contributed by atoms with Crippen LogP contribution in [0.25, 0.3) is 0 Å². The highest BCUT2D eigenvalue weighted by Gasteiger charge is 2.50. The Balaban J connectivity index is 2.16. The predicted octanol–water partition coefficient (Wildman–Crippen LogP) is -2.18. The zero-order valence-electron chi connectivity index (χ0n) is 5.75. The lowest BCUT2D eigenvalue weighted by molar-refractivity contribution is -0.233. The van der Waals surface area contributed by atoms with Gasteiger partial charge in [0.05, 0.1) is 6.61 Å². The second-order valence-electron chi connectivity index (χ2n) is 2.85. The van der Waals surface area contributed by atoms with Crippen LogP contribution in [0.2, 0.25) is 0 Å². The Morgan fingerprint density at radius 2 is 1.82 bits per heavy atom. The molecule has 0 spiro atoms. The van der Waals surface area contributed by atoms with Crippen LogP contribution in [0, 0.1) is 0 Å². The van der Waals surface area contributed by atoms with Gasteiger partial charge in [-0.2, -0.15) is 0 Å². The van der Waals surface area contributed by atoms with Crippen LogP contribution in [0.5, 0.6) is 0 Å². The fourth-order valence-corrected chi connectivity index (χ4v) is 1.42. The van der Waals surface area contributed by atoms with E-state index >= 15 is 0 Å². The summed E-state index contributed by atoms with van der Waals surface area (Å²) in [5.41, 5.74) is 0. The Morgan fingerprint density at radius 1 is 1.09 bits per heavy atom. The second kappa shape index (κ2) is 2.40. The van der Waals surface area contributed by atoms with Crippen molar-refractivity contribution in [3.8, 4) is 0 Å². The Kier molecular flexibility index (Phi) is 1.62. The molecule has 64 valence electrons. The molecule has 11 heavy (non-hydrogen) atoms. The summed E-state index contributed by atoms with van der Waals surface area (Å²) in [7, 11) is 0. The third-order valence-corrected chi connectivity index (χ3v) is 2.07. The summed E-state index contributed by atoms with van der Waals surface area (Å²) in [6.45, 7) is 0.115. The summed E-state index contributed by atoms with van der Waals surface area (Å²) in [5.74, 6) is 0. The minimum Gasteiger partial charge on any atom is -0.388 e. The van der Waals surface area contributed by atoms with E-state index in [0.717, 1.165) is 0 Å². The van der Waals surface area contributed by atoms with E-state index in [1.54, 1.807) is 0 Å². The average Bonchev–Trinajstić information content (AvgIpc) is 2.24. The first-order valence-electron chi connectivity index (χ1n) is 3.51. The number of aliphatic hydroxyl groups is 3. The summed E-state index contributed by atoms with van der Waals surface area (Å²) in [6.07, 6.45) is -4.35. The lowest BCUT2D eigenvalue weighted by Gasteiger charge is -2.25. The van der Waals surface area contributed by atoms with Gasteiger partial charge in [0.15, 0.2) is 6.29 Å². The van der Waals surface area contributed by atoms with Crippen molar-refractivity contribution in [3.05, 3.63) is 0 Å². The smallest absolute Gasteiger partial charge is 0.186 e. The zero-order valence-corrected chi connectivity index (χ0v) is 5.75. The van der Waals surface area contributed by atoms with Crippen LogP contribution in [0.15, 0.2) is 0 Å². The minimum atomic E-state index is -1.03. The maximum atomic E-state index is 9.22. The first-order valence-corrected chi connectivity index (χ1v) is 3.51. The van der Waals surface area contributed by atoms with Gasteiger partial charge in [0.25, 0.3) is 0 Å². The Hall–Kier alpha value is -0.200. The van der Waals surface area contributed by atoms with Crippen molar-refractivity contribution in [1.29, 1.82) is 0 Å². The molecule has 0 aromatic carbocycles. The molecular weight excluding hydrogens is 152 g/mol. The fourth-order valence-electron chi connectivity index (χ4n) is 1.42. The number of hydrogen-bond acceptors (Lipinski definition) is 5. The Bertz CT molecular complexity index is 161. The Morgan fingerprint density at radius 3 is 2.45 bits per heavy atom. The molecule has 0 aliphatic carbocycles. The number of rotatable bonds is 0. The highest BCUT2D eigenvalue weighted by Crippen LogP contribution is 2.28. The maximum absolute atomic E-state index is 9.22. The largest absolute Gasteiger partial charge is 0.388 e. The molecule has 0 unspecified atom stereocenters. The summed E-state index contributed by atoms with van der Waals surface area (Å²) in [6, 6.07) is 0. The fraction of sp³-hybridized carbons (Fsp3) is 1.00. The van der Waals surface area contributed by atoms with Crippen LogP contribution in [-0.4, -0.2) is 52.6 Å². The molecule has 0 saturated carbocycles. The number of fused-ring (bicyclic) bond motifs is 2. The standard InChI is InChI=1S/C6H10O5/c7-2-1-10-6-4(9)3(8)5(2)11-6/h2-9H,1H2/t2-,3-,4+,5+,6+/m1/s1. The predicted molar refractivity (Wildman–Crippen MR) is 32.6 cm³/mol. The summed E-state index contributed by atoms with van der Waals surface area (Å²) in [5, 5.41) is 27.6. The van der Waals surface area contributed by atoms with E-state index in [1.165, 1.54) is 0 Å². The van der Waals surface area contributed by atoms with Gasteiger partial charge in [-0.25, -0.2) is 0 Å². The van der Waals surface area contributed by atoms with Gasteiger partial charge in [-0.05, 0) is 0 Å². The monoisotopic (exact) mass is 162 g/mol. The first kappa shape index (κ1) is 7.45. The van der Waals surface area contributed by atoms with E-state index in [9.17, 15) is 10.2 Å². The van der Waals surface area contributed by atoms with Gasteiger partial charge in [-0.3, -0.25) is 0 Å². The van der Waals surface area contributed by atoms with Gasteiger partial charge in [0, 0.05) is 0 Å².